The summed E-state index contributed by atoms with van der Waals surface area (Å²) in [6, 6.07) is 12.2. The van der Waals surface area contributed by atoms with E-state index >= 15 is 0 Å². The number of hydrogen-bond donors (Lipinski definition) is 1. The van der Waals surface area contributed by atoms with Crippen LogP contribution in [-0.2, 0) is 11.8 Å². The van der Waals surface area contributed by atoms with E-state index in [1.165, 1.54) is 6.07 Å². The third kappa shape index (κ3) is 3.13. The van der Waals surface area contributed by atoms with Crippen molar-refractivity contribution in [1.82, 2.24) is 4.57 Å². The molecule has 0 atom stereocenters. The molecule has 25 heavy (non-hydrogen) atoms. The molecular weight excluding hydrogens is 318 g/mol. The summed E-state index contributed by atoms with van der Waals surface area (Å²) < 4.78 is 7.03. The van der Waals surface area contributed by atoms with E-state index in [0.29, 0.717) is 5.56 Å². The highest BCUT2D eigenvalue weighted by molar-refractivity contribution is 6.02. The first kappa shape index (κ1) is 16.8. The second kappa shape index (κ2) is 6.43. The Morgan fingerprint density at radius 3 is 2.28 bits per heavy atom. The normalized spacial score (nSPS) is 10.8. The molecule has 3 aromatic rings. The summed E-state index contributed by atoms with van der Waals surface area (Å²) in [6.07, 6.45) is 0. The van der Waals surface area contributed by atoms with Crippen molar-refractivity contribution in [1.29, 1.82) is 0 Å². The van der Waals surface area contributed by atoms with Gasteiger partial charge in [0, 0.05) is 24.0 Å². The van der Waals surface area contributed by atoms with Crippen molar-refractivity contribution < 1.29 is 19.4 Å². The van der Waals surface area contributed by atoms with Gasteiger partial charge in [-0.25, -0.2) is 4.79 Å². The number of carbonyl (C=O) groups excluding carboxylic acids is 2. The molecule has 0 saturated carbocycles. The largest absolute Gasteiger partial charge is 0.507 e. The number of ether oxygens (including phenoxy) is 1. The van der Waals surface area contributed by atoms with Crippen LogP contribution in [0.4, 0.5) is 0 Å². The fraction of sp³-hybridized carbons (Fsp3) is 0.200. The average molecular weight is 337 g/mol. The number of aromatic hydroxyl groups is 1. The van der Waals surface area contributed by atoms with Crippen LogP contribution in [0.1, 0.15) is 32.1 Å². The summed E-state index contributed by atoms with van der Waals surface area (Å²) in [6.45, 7) is 3.38. The van der Waals surface area contributed by atoms with Gasteiger partial charge in [0.05, 0.1) is 0 Å². The minimum atomic E-state index is -0.720. The number of rotatable bonds is 4. The van der Waals surface area contributed by atoms with Crippen LogP contribution < -0.4 is 0 Å². The molecule has 2 aromatic carbocycles. The molecule has 0 bridgehead atoms. The van der Waals surface area contributed by atoms with Crippen LogP contribution in [-0.4, -0.2) is 28.0 Å². The van der Waals surface area contributed by atoms with Gasteiger partial charge in [-0.15, -0.1) is 0 Å². The van der Waals surface area contributed by atoms with Crippen LogP contribution in [0.25, 0.3) is 10.8 Å². The number of ketones is 1. The molecule has 5 nitrogen and oxygen atoms in total. The van der Waals surface area contributed by atoms with Gasteiger partial charge in [-0.1, -0.05) is 24.3 Å². The number of nitrogens with zero attached hydrogens (tertiary/aromatic N) is 1. The molecule has 0 unspecified atom stereocenters. The summed E-state index contributed by atoms with van der Waals surface area (Å²) >= 11 is 0. The molecule has 0 spiro atoms. The van der Waals surface area contributed by atoms with Crippen molar-refractivity contribution >= 4 is 22.5 Å². The predicted octanol–water partition coefficient (Wildman–Crippen LogP) is 3.54. The Morgan fingerprint density at radius 1 is 1.04 bits per heavy atom. The second-order valence-electron chi connectivity index (χ2n) is 6.06. The molecule has 1 heterocycles. The molecule has 3 rings (SSSR count). The summed E-state index contributed by atoms with van der Waals surface area (Å²) in [7, 11) is 1.88. The molecule has 1 aromatic heterocycles. The number of phenolic OH excluding ortho intramolecular Hbond substituents is 1. The predicted molar refractivity (Wildman–Crippen MR) is 95.1 cm³/mol. The Labute approximate surface area is 145 Å². The maximum Gasteiger partial charge on any atom is 0.342 e. The zero-order valence-corrected chi connectivity index (χ0v) is 14.4. The van der Waals surface area contributed by atoms with Gasteiger partial charge in [0.25, 0.3) is 0 Å². The van der Waals surface area contributed by atoms with Crippen LogP contribution in [0.2, 0.25) is 0 Å². The summed E-state index contributed by atoms with van der Waals surface area (Å²) in [5.41, 5.74) is 2.37. The molecule has 0 saturated heterocycles. The minimum absolute atomic E-state index is 0.0486. The number of aromatic nitrogens is 1. The molecule has 1 N–H and O–H groups in total. The van der Waals surface area contributed by atoms with E-state index in [2.05, 4.69) is 0 Å². The fourth-order valence-electron chi connectivity index (χ4n) is 2.82. The van der Waals surface area contributed by atoms with Crippen molar-refractivity contribution in [3.8, 4) is 5.75 Å². The van der Waals surface area contributed by atoms with Gasteiger partial charge in [0.15, 0.2) is 6.61 Å². The Morgan fingerprint density at radius 2 is 1.68 bits per heavy atom. The van der Waals surface area contributed by atoms with E-state index in [4.69, 9.17) is 4.74 Å². The molecule has 5 heteroatoms. The first-order chi connectivity index (χ1) is 11.9. The summed E-state index contributed by atoms with van der Waals surface area (Å²) in [5.74, 6) is -1.15. The average Bonchev–Trinajstić information content (AvgIpc) is 2.86. The Hall–Kier alpha value is -3.08. The topological polar surface area (TPSA) is 68.5 Å². The van der Waals surface area contributed by atoms with Gasteiger partial charge < -0.3 is 14.4 Å². The first-order valence-corrected chi connectivity index (χ1v) is 7.93. The monoisotopic (exact) mass is 337 g/mol. The molecule has 128 valence electrons. The van der Waals surface area contributed by atoms with Crippen LogP contribution >= 0.6 is 0 Å². The van der Waals surface area contributed by atoms with Gasteiger partial charge >= 0.3 is 5.97 Å². The highest BCUT2D eigenvalue weighted by atomic mass is 16.5. The molecular formula is C20H19NO4. The third-order valence-electron chi connectivity index (χ3n) is 4.49. The van der Waals surface area contributed by atoms with Crippen LogP contribution in [0.5, 0.6) is 5.75 Å². The molecule has 0 aliphatic rings. The standard InChI is InChI=1S/C20H19NO4/c1-12-8-16(13(2)21(12)3)19(23)11-25-20(24)17-9-14-6-4-5-7-15(14)10-18(17)22/h4-10,22H,11H2,1-3H3. The van der Waals surface area contributed by atoms with E-state index in [9.17, 15) is 14.7 Å². The van der Waals surface area contributed by atoms with Crippen molar-refractivity contribution in [2.24, 2.45) is 7.05 Å². The molecule has 0 aliphatic carbocycles. The fourth-order valence-corrected chi connectivity index (χ4v) is 2.82. The summed E-state index contributed by atoms with van der Waals surface area (Å²) in [4.78, 5) is 24.6. The Bertz CT molecular complexity index is 985. The molecule has 0 aliphatic heterocycles. The van der Waals surface area contributed by atoms with E-state index < -0.39 is 5.97 Å². The Kier molecular flexibility index (Phi) is 4.31. The van der Waals surface area contributed by atoms with Crippen LogP contribution in [0.15, 0.2) is 42.5 Å². The number of carbonyl (C=O) groups is 2. The Balaban J connectivity index is 1.77. The maximum absolute atomic E-state index is 12.3. The smallest absolute Gasteiger partial charge is 0.342 e. The van der Waals surface area contributed by atoms with Gasteiger partial charge in [-0.3, -0.25) is 4.79 Å². The third-order valence-corrected chi connectivity index (χ3v) is 4.49. The maximum atomic E-state index is 12.3. The van der Waals surface area contributed by atoms with Crippen LogP contribution in [0, 0.1) is 13.8 Å². The lowest BCUT2D eigenvalue weighted by molar-refractivity contribution is 0.0472. The van der Waals surface area contributed by atoms with Crippen molar-refractivity contribution in [3.05, 3.63) is 65.0 Å². The SMILES string of the molecule is Cc1cc(C(=O)COC(=O)c2cc3ccccc3cc2O)c(C)n1C. The number of phenols is 1. The number of esters is 1. The molecule has 0 amide bonds. The van der Waals surface area contributed by atoms with Gasteiger partial charge in [-0.2, -0.15) is 0 Å². The number of aryl methyl sites for hydroxylation is 1. The zero-order valence-electron chi connectivity index (χ0n) is 14.4. The van der Waals surface area contributed by atoms with E-state index in [-0.39, 0.29) is 23.7 Å². The lowest BCUT2D eigenvalue weighted by Crippen LogP contribution is -2.15. The molecule has 0 radical (unpaired) electrons. The summed E-state index contributed by atoms with van der Waals surface area (Å²) in [5, 5.41) is 11.7. The highest BCUT2D eigenvalue weighted by Crippen LogP contribution is 2.25. The minimum Gasteiger partial charge on any atom is -0.507 e. The lowest BCUT2D eigenvalue weighted by Gasteiger charge is -2.08. The van der Waals surface area contributed by atoms with Crippen molar-refractivity contribution in [2.45, 2.75) is 13.8 Å². The first-order valence-electron chi connectivity index (χ1n) is 7.93. The lowest BCUT2D eigenvalue weighted by atomic mass is 10.1. The van der Waals surface area contributed by atoms with Gasteiger partial charge in [0.2, 0.25) is 5.78 Å². The number of benzene rings is 2. The van der Waals surface area contributed by atoms with Crippen molar-refractivity contribution in [2.75, 3.05) is 6.61 Å². The van der Waals surface area contributed by atoms with Crippen LogP contribution in [0.3, 0.4) is 0 Å². The quantitative estimate of drug-likeness (QED) is 0.584. The highest BCUT2D eigenvalue weighted by Gasteiger charge is 2.18. The van der Waals surface area contributed by atoms with Crippen molar-refractivity contribution in [3.63, 3.8) is 0 Å². The van der Waals surface area contributed by atoms with E-state index in [0.717, 1.165) is 22.2 Å². The van der Waals surface area contributed by atoms with E-state index in [1.807, 2.05) is 49.7 Å². The number of Topliss-reactive ketones (excluding diaryl/α,β-unsaturated/α-hetero) is 1. The van der Waals surface area contributed by atoms with Gasteiger partial charge in [-0.05, 0) is 42.8 Å². The number of fused-ring (bicyclic) bond motifs is 1. The number of hydrogen-bond acceptors (Lipinski definition) is 4. The van der Waals surface area contributed by atoms with Gasteiger partial charge in [0.1, 0.15) is 11.3 Å². The van der Waals surface area contributed by atoms with E-state index in [1.54, 1.807) is 12.1 Å². The second-order valence-corrected chi connectivity index (χ2v) is 6.06. The molecule has 0 fully saturated rings. The zero-order chi connectivity index (χ0) is 18.1.